The molecular formula is C20H22N2O3S2. The normalized spacial score (nSPS) is 11.8. The molecule has 0 aliphatic rings. The number of aryl methyl sites for hydroxylation is 1. The van der Waals surface area contributed by atoms with E-state index in [0.29, 0.717) is 21.9 Å². The fraction of sp³-hybridized carbons (Fsp3) is 0.300. The number of thiazole rings is 1. The van der Waals surface area contributed by atoms with Gasteiger partial charge in [-0.1, -0.05) is 18.3 Å². The molecule has 0 atom stereocenters. The van der Waals surface area contributed by atoms with Gasteiger partial charge in [0.25, 0.3) is 5.91 Å². The van der Waals surface area contributed by atoms with E-state index in [-0.39, 0.29) is 5.91 Å². The quantitative estimate of drug-likeness (QED) is 0.566. The van der Waals surface area contributed by atoms with Crippen molar-refractivity contribution in [3.63, 3.8) is 0 Å². The van der Waals surface area contributed by atoms with E-state index in [1.807, 2.05) is 0 Å². The first kappa shape index (κ1) is 19.5. The maximum absolute atomic E-state index is 12.9. The molecule has 0 unspecified atom stereocenters. The van der Waals surface area contributed by atoms with Crippen LogP contribution in [0.4, 0.5) is 0 Å². The van der Waals surface area contributed by atoms with Crippen LogP contribution in [0.3, 0.4) is 0 Å². The van der Waals surface area contributed by atoms with E-state index in [2.05, 4.69) is 40.9 Å². The molecule has 3 aromatic rings. The van der Waals surface area contributed by atoms with Gasteiger partial charge in [0, 0.05) is 11.4 Å². The highest BCUT2D eigenvalue weighted by molar-refractivity contribution is 7.98. The van der Waals surface area contributed by atoms with Gasteiger partial charge < -0.3 is 14.0 Å². The summed E-state index contributed by atoms with van der Waals surface area (Å²) in [4.78, 5) is 19.2. The largest absolute Gasteiger partial charge is 0.497 e. The Hall–Kier alpha value is -2.25. The van der Waals surface area contributed by atoms with E-state index in [4.69, 9.17) is 9.47 Å². The topological polar surface area (TPSA) is 52.8 Å². The molecule has 1 aromatic heterocycles. The van der Waals surface area contributed by atoms with Crippen LogP contribution in [-0.2, 0) is 6.54 Å². The average Bonchev–Trinajstić information content (AvgIpc) is 3.03. The molecule has 2 aromatic carbocycles. The summed E-state index contributed by atoms with van der Waals surface area (Å²) in [5.41, 5.74) is 1.49. The first-order valence-corrected chi connectivity index (χ1v) is 10.6. The van der Waals surface area contributed by atoms with Crippen molar-refractivity contribution in [1.29, 1.82) is 0 Å². The van der Waals surface area contributed by atoms with E-state index in [1.165, 1.54) is 16.2 Å². The van der Waals surface area contributed by atoms with Crippen LogP contribution in [0.15, 0.2) is 46.3 Å². The third-order valence-electron chi connectivity index (χ3n) is 4.17. The number of aromatic nitrogens is 1. The first-order valence-electron chi connectivity index (χ1n) is 8.59. The zero-order chi connectivity index (χ0) is 19.4. The summed E-state index contributed by atoms with van der Waals surface area (Å²) in [7, 11) is 3.11. The molecule has 0 saturated carbocycles. The van der Waals surface area contributed by atoms with Crippen LogP contribution in [0, 0.1) is 0 Å². The maximum atomic E-state index is 12.9. The number of amides is 1. The van der Waals surface area contributed by atoms with E-state index in [0.717, 1.165) is 23.2 Å². The molecule has 1 heterocycles. The van der Waals surface area contributed by atoms with Crippen molar-refractivity contribution >= 4 is 39.2 Å². The Morgan fingerprint density at radius 1 is 1.19 bits per heavy atom. The molecule has 7 heteroatoms. The zero-order valence-corrected chi connectivity index (χ0v) is 17.4. The predicted octanol–water partition coefficient (Wildman–Crippen LogP) is 4.59. The van der Waals surface area contributed by atoms with Gasteiger partial charge in [-0.25, -0.2) is 0 Å². The van der Waals surface area contributed by atoms with E-state index >= 15 is 0 Å². The molecule has 3 rings (SSSR count). The highest BCUT2D eigenvalue weighted by atomic mass is 32.2. The second-order valence-corrected chi connectivity index (χ2v) is 7.74. The third kappa shape index (κ3) is 4.04. The minimum absolute atomic E-state index is 0.341. The lowest BCUT2D eigenvalue weighted by Gasteiger charge is -2.07. The van der Waals surface area contributed by atoms with Gasteiger partial charge in [0.1, 0.15) is 11.5 Å². The molecule has 142 valence electrons. The molecule has 0 bridgehead atoms. The highest BCUT2D eigenvalue weighted by Gasteiger charge is 2.14. The highest BCUT2D eigenvalue weighted by Crippen LogP contribution is 2.26. The molecule has 0 fully saturated rings. The minimum Gasteiger partial charge on any atom is -0.497 e. The van der Waals surface area contributed by atoms with Crippen LogP contribution < -0.4 is 14.3 Å². The number of fused-ring (bicyclic) bond motifs is 1. The Morgan fingerprint density at radius 3 is 2.67 bits per heavy atom. The summed E-state index contributed by atoms with van der Waals surface area (Å²) in [6, 6.07) is 11.5. The number of ether oxygens (including phenoxy) is 2. The van der Waals surface area contributed by atoms with Crippen LogP contribution in [-0.4, -0.2) is 30.9 Å². The minimum atomic E-state index is -0.341. The van der Waals surface area contributed by atoms with Crippen LogP contribution in [0.1, 0.15) is 23.7 Å². The lowest BCUT2D eigenvalue weighted by Crippen LogP contribution is -2.17. The number of benzene rings is 2. The summed E-state index contributed by atoms with van der Waals surface area (Å²) in [5, 5.41) is 0. The summed E-state index contributed by atoms with van der Waals surface area (Å²) in [6.45, 7) is 2.92. The van der Waals surface area contributed by atoms with Gasteiger partial charge >= 0.3 is 0 Å². The summed E-state index contributed by atoms with van der Waals surface area (Å²) in [5.74, 6) is 0.737. The number of carbonyl (C=O) groups excluding carboxylic acids is 1. The molecule has 0 radical (unpaired) electrons. The third-order valence-corrected chi connectivity index (χ3v) is 5.94. The number of nitrogens with zero attached hydrogens (tertiary/aromatic N) is 2. The Kier molecular flexibility index (Phi) is 6.23. The second kappa shape index (κ2) is 8.63. The lowest BCUT2D eigenvalue weighted by atomic mass is 10.2. The molecular weight excluding hydrogens is 380 g/mol. The van der Waals surface area contributed by atoms with Crippen molar-refractivity contribution in [2.75, 3.05) is 20.5 Å². The fourth-order valence-electron chi connectivity index (χ4n) is 2.83. The van der Waals surface area contributed by atoms with Crippen molar-refractivity contribution in [2.24, 2.45) is 4.99 Å². The summed E-state index contributed by atoms with van der Waals surface area (Å²) >= 11 is 3.23. The number of carbonyl (C=O) groups is 1. The molecule has 0 aliphatic carbocycles. The van der Waals surface area contributed by atoms with Crippen LogP contribution >= 0.6 is 23.1 Å². The molecule has 27 heavy (non-hydrogen) atoms. The lowest BCUT2D eigenvalue weighted by molar-refractivity contribution is 0.0994. The summed E-state index contributed by atoms with van der Waals surface area (Å²) < 4.78 is 13.8. The Labute approximate surface area is 166 Å². The van der Waals surface area contributed by atoms with E-state index in [1.54, 1.807) is 44.2 Å². The van der Waals surface area contributed by atoms with Gasteiger partial charge in [0.2, 0.25) is 0 Å². The molecule has 0 aliphatic heterocycles. The average molecular weight is 403 g/mol. The molecule has 0 spiro atoms. The number of rotatable bonds is 6. The van der Waals surface area contributed by atoms with Gasteiger partial charge in [-0.15, -0.1) is 11.8 Å². The van der Waals surface area contributed by atoms with E-state index < -0.39 is 0 Å². The fourth-order valence-corrected chi connectivity index (χ4v) is 4.44. The van der Waals surface area contributed by atoms with E-state index in [9.17, 15) is 4.79 Å². The van der Waals surface area contributed by atoms with Gasteiger partial charge in [-0.3, -0.25) is 4.79 Å². The summed E-state index contributed by atoms with van der Waals surface area (Å²) in [6.07, 6.45) is 3.01. The first-order chi connectivity index (χ1) is 13.1. The van der Waals surface area contributed by atoms with Crippen LogP contribution in [0.25, 0.3) is 10.2 Å². The number of methoxy groups -OCH3 is 2. The van der Waals surface area contributed by atoms with Gasteiger partial charge in [-0.05, 0) is 49.1 Å². The standard InChI is InChI=1S/C20H22N2O3S2/c1-5-10-22-16-8-7-14(26-4)12-18(16)27-20(22)21-19(23)15-11-13(24-2)6-9-17(15)25-3/h6-9,11-12H,5,10H2,1-4H3. The number of hydrogen-bond donors (Lipinski definition) is 0. The molecule has 5 nitrogen and oxygen atoms in total. The Balaban J connectivity index is 2.14. The van der Waals surface area contributed by atoms with Crippen LogP contribution in [0.2, 0.25) is 0 Å². The van der Waals surface area contributed by atoms with Crippen molar-refractivity contribution in [3.8, 4) is 11.5 Å². The monoisotopic (exact) mass is 402 g/mol. The number of hydrogen-bond acceptors (Lipinski definition) is 5. The molecule has 0 saturated heterocycles. The predicted molar refractivity (Wildman–Crippen MR) is 111 cm³/mol. The van der Waals surface area contributed by atoms with Crippen molar-refractivity contribution in [2.45, 2.75) is 24.8 Å². The van der Waals surface area contributed by atoms with Crippen LogP contribution in [0.5, 0.6) is 11.5 Å². The second-order valence-electron chi connectivity index (χ2n) is 5.85. The Morgan fingerprint density at radius 2 is 2.00 bits per heavy atom. The maximum Gasteiger partial charge on any atom is 0.283 e. The van der Waals surface area contributed by atoms with Crippen molar-refractivity contribution < 1.29 is 14.3 Å². The van der Waals surface area contributed by atoms with Gasteiger partial charge in [-0.2, -0.15) is 4.99 Å². The number of thioether (sulfide) groups is 1. The van der Waals surface area contributed by atoms with Gasteiger partial charge in [0.15, 0.2) is 4.80 Å². The SMILES string of the molecule is CCCn1c(=NC(=O)c2cc(OC)ccc2OC)sc2cc(SC)ccc21. The molecule has 1 amide bonds. The Bertz CT molecular complexity index is 1040. The van der Waals surface area contributed by atoms with Crippen molar-refractivity contribution in [3.05, 3.63) is 46.8 Å². The zero-order valence-electron chi connectivity index (χ0n) is 15.8. The van der Waals surface area contributed by atoms with Gasteiger partial charge in [0.05, 0.1) is 30.0 Å². The van der Waals surface area contributed by atoms with Crippen molar-refractivity contribution in [1.82, 2.24) is 4.57 Å². The molecule has 0 N–H and O–H groups in total. The smallest absolute Gasteiger partial charge is 0.283 e.